The fourth-order valence-corrected chi connectivity index (χ4v) is 12.1. The molecule has 0 atom stereocenters. The first-order valence-electron chi connectivity index (χ1n) is 26.6. The summed E-state index contributed by atoms with van der Waals surface area (Å²) in [4.78, 5) is 29.6. The van der Waals surface area contributed by atoms with Gasteiger partial charge >= 0.3 is 0 Å². The van der Waals surface area contributed by atoms with Crippen molar-refractivity contribution in [3.05, 3.63) is 144 Å². The molecule has 424 valence electrons. The number of benzene rings is 5. The number of unbranched alkanes of at least 4 members (excludes halogenated alkanes) is 3. The molecule has 0 saturated carbocycles. The fourth-order valence-electron chi connectivity index (χ4n) is 10.8. The van der Waals surface area contributed by atoms with Gasteiger partial charge in [0.15, 0.2) is 5.71 Å². The normalized spacial score (nSPS) is 15.6. The van der Waals surface area contributed by atoms with E-state index in [-0.39, 0.29) is 41.3 Å². The van der Waals surface area contributed by atoms with Gasteiger partial charge in [-0.3, -0.25) is 18.7 Å². The number of nitrogens with zero attached hydrogens (tertiary/aromatic N) is 3. The molecule has 0 spiro atoms. The number of hydrogen-bond acceptors (Lipinski definition) is 13. The summed E-state index contributed by atoms with van der Waals surface area (Å²) in [6.45, 7) is 10.4. The molecule has 0 aliphatic carbocycles. The lowest BCUT2D eigenvalue weighted by Gasteiger charge is -2.27. The van der Waals surface area contributed by atoms with Crippen molar-refractivity contribution in [1.29, 1.82) is 0 Å². The van der Waals surface area contributed by atoms with Crippen molar-refractivity contribution in [1.82, 2.24) is 10.6 Å². The Balaban J connectivity index is 1.10. The van der Waals surface area contributed by atoms with Crippen LogP contribution in [-0.2, 0) is 46.0 Å². The molecule has 2 aliphatic rings. The Bertz CT molecular complexity index is 3500. The van der Waals surface area contributed by atoms with Crippen LogP contribution in [0.4, 0.5) is 22.7 Å². The van der Waals surface area contributed by atoms with E-state index in [0.717, 1.165) is 48.0 Å². The van der Waals surface area contributed by atoms with Gasteiger partial charge in [0, 0.05) is 110 Å². The molecule has 79 heavy (non-hydrogen) atoms. The topological polar surface area (TPSA) is 272 Å². The van der Waals surface area contributed by atoms with Gasteiger partial charge < -0.3 is 36.0 Å². The first-order valence-corrected chi connectivity index (χ1v) is 31.4. The van der Waals surface area contributed by atoms with Gasteiger partial charge in [0.25, 0.3) is 26.1 Å². The summed E-state index contributed by atoms with van der Waals surface area (Å²) in [6.07, 6.45) is 15.0. The third-order valence-electron chi connectivity index (χ3n) is 14.5. The molecule has 5 aromatic carbocycles. The van der Waals surface area contributed by atoms with Crippen molar-refractivity contribution in [2.75, 3.05) is 84.7 Å². The minimum Gasteiger partial charge on any atom is -0.748 e. The maximum Gasteiger partial charge on any atom is 0.266 e. The molecular formula is C58H73N7O11S3. The van der Waals surface area contributed by atoms with Gasteiger partial charge in [0.05, 0.1) is 32.8 Å². The van der Waals surface area contributed by atoms with Gasteiger partial charge in [-0.05, 0) is 103 Å². The van der Waals surface area contributed by atoms with Gasteiger partial charge in [-0.25, -0.2) is 8.42 Å². The molecule has 2 heterocycles. The van der Waals surface area contributed by atoms with Crippen LogP contribution in [0.2, 0.25) is 0 Å². The van der Waals surface area contributed by atoms with Gasteiger partial charge in [-0.15, -0.1) is 0 Å². The van der Waals surface area contributed by atoms with E-state index in [1.165, 1.54) is 56.4 Å². The number of nitrogens with two attached hydrogens (primary N) is 1. The summed E-state index contributed by atoms with van der Waals surface area (Å²) >= 11 is 0. The average molecular weight is 1140 g/mol. The van der Waals surface area contributed by atoms with Crippen LogP contribution in [0.1, 0.15) is 87.7 Å². The maximum absolute atomic E-state index is 13.8. The van der Waals surface area contributed by atoms with Crippen molar-refractivity contribution in [3.63, 3.8) is 0 Å². The van der Waals surface area contributed by atoms with E-state index in [9.17, 15) is 48.5 Å². The number of anilines is 3. The van der Waals surface area contributed by atoms with Gasteiger partial charge in [0.1, 0.15) is 6.54 Å². The molecule has 0 aromatic heterocycles. The lowest BCUT2D eigenvalue weighted by atomic mass is 9.79. The molecule has 18 nitrogen and oxygen atoms in total. The van der Waals surface area contributed by atoms with Crippen molar-refractivity contribution in [2.45, 2.75) is 77.0 Å². The molecule has 0 radical (unpaired) electrons. The van der Waals surface area contributed by atoms with E-state index < -0.39 is 72.0 Å². The van der Waals surface area contributed by atoms with Crippen LogP contribution in [0.25, 0.3) is 21.5 Å². The first kappa shape index (κ1) is 60.2. The number of nitrogens with one attached hydrogen (secondary N) is 3. The van der Waals surface area contributed by atoms with E-state index in [4.69, 9.17) is 5.73 Å². The van der Waals surface area contributed by atoms with Crippen molar-refractivity contribution in [3.8, 4) is 0 Å². The second-order valence-corrected chi connectivity index (χ2v) is 25.7. The Kier molecular flexibility index (Phi) is 19.6. The predicted molar refractivity (Wildman–Crippen MR) is 314 cm³/mol. The van der Waals surface area contributed by atoms with E-state index >= 15 is 0 Å². The summed E-state index contributed by atoms with van der Waals surface area (Å²) in [5.74, 6) is -2.91. The molecule has 0 bridgehead atoms. The summed E-state index contributed by atoms with van der Waals surface area (Å²) in [5, 5.41) is 13.3. The molecule has 21 heteroatoms. The minimum atomic E-state index is -4.76. The highest BCUT2D eigenvalue weighted by atomic mass is 32.2. The molecular weight excluding hydrogens is 1070 g/mol. The Morgan fingerprint density at radius 2 is 1.38 bits per heavy atom. The molecule has 2 aliphatic heterocycles. The van der Waals surface area contributed by atoms with E-state index in [0.29, 0.717) is 38.9 Å². The van der Waals surface area contributed by atoms with Gasteiger partial charge in [-0.1, -0.05) is 86.7 Å². The van der Waals surface area contributed by atoms with E-state index in [1.807, 2.05) is 6.07 Å². The molecule has 0 fully saturated rings. The average Bonchev–Trinajstić information content (AvgIpc) is 3.78. The zero-order chi connectivity index (χ0) is 57.2. The Morgan fingerprint density at radius 3 is 2.06 bits per heavy atom. The van der Waals surface area contributed by atoms with Gasteiger partial charge in [-0.2, -0.15) is 21.4 Å². The smallest absolute Gasteiger partial charge is 0.266 e. The number of hydrogen-bond donors (Lipinski definition) is 6. The number of fused-ring (bicyclic) bond motifs is 6. The highest BCUT2D eigenvalue weighted by Gasteiger charge is 2.45. The third kappa shape index (κ3) is 15.7. The second-order valence-electron chi connectivity index (χ2n) is 21.0. The fraction of sp³-hybridized carbons (Fsp3) is 0.397. The lowest BCUT2D eigenvalue weighted by Crippen LogP contribution is -2.34. The quantitative estimate of drug-likeness (QED) is 0.0122. The molecule has 0 saturated heterocycles. The number of carbonyl (C=O) groups is 2. The summed E-state index contributed by atoms with van der Waals surface area (Å²) in [5.41, 5.74) is 12.3. The van der Waals surface area contributed by atoms with Crippen LogP contribution in [0.5, 0.6) is 0 Å². The second kappa shape index (κ2) is 25.8. The Labute approximate surface area is 464 Å². The van der Waals surface area contributed by atoms with Crippen LogP contribution in [-0.4, -0.2) is 131 Å². The maximum atomic E-state index is 13.8. The minimum absolute atomic E-state index is 0.0298. The SMILES string of the molecule is CC1(C)C(/C=C/C=C/C=C2/N(CCCCNC(=O)c3cc(NCCS(=O)(=O)O)cc(N(CCS(=O)(=O)[O-])CCS(=O)(=O)O)c3)c3ccc4ccccc4c3C2(C)C)=[N+](CCCCCC(=O)NCCN)c2ccc3ccccc3c21. The highest BCUT2D eigenvalue weighted by Crippen LogP contribution is 2.51. The summed E-state index contributed by atoms with van der Waals surface area (Å²) < 4.78 is 102. The molecule has 0 unspecified atom stereocenters. The molecule has 2 amide bonds. The summed E-state index contributed by atoms with van der Waals surface area (Å²) in [6, 6.07) is 29.8. The van der Waals surface area contributed by atoms with Crippen LogP contribution in [0.15, 0.2) is 127 Å². The largest absolute Gasteiger partial charge is 0.748 e. The number of carbonyl (C=O) groups excluding carboxylic acids is 2. The lowest BCUT2D eigenvalue weighted by molar-refractivity contribution is -0.438. The number of allylic oxidation sites excluding steroid dienone is 6. The molecule has 7 N–H and O–H groups in total. The van der Waals surface area contributed by atoms with E-state index in [1.54, 1.807) is 0 Å². The third-order valence-corrected chi connectivity index (χ3v) is 16.7. The van der Waals surface area contributed by atoms with Crippen LogP contribution < -0.4 is 31.5 Å². The van der Waals surface area contributed by atoms with Crippen LogP contribution >= 0.6 is 0 Å². The van der Waals surface area contributed by atoms with Crippen molar-refractivity contribution < 1.29 is 53.1 Å². The Hall–Kier alpha value is -6.46. The Morgan fingerprint density at radius 1 is 0.709 bits per heavy atom. The van der Waals surface area contributed by atoms with Crippen LogP contribution in [0, 0.1) is 0 Å². The predicted octanol–water partition coefficient (Wildman–Crippen LogP) is 7.55. The van der Waals surface area contributed by atoms with Gasteiger partial charge in [0.2, 0.25) is 11.6 Å². The van der Waals surface area contributed by atoms with Crippen LogP contribution in [0.3, 0.4) is 0 Å². The summed E-state index contributed by atoms with van der Waals surface area (Å²) in [7, 11) is -13.7. The molecule has 5 aromatic rings. The standard InChI is InChI=1S/C58H73N7O11S3/c1-57(2)51(64(32-15-6-9-23-53(66)61-30-28-59)49-26-24-42-17-10-12-19-47(42)54(49)57)21-7-5-8-22-52-58(3,4)55-48-20-13-11-18-43(48)25-27-50(55)65(52)33-16-14-29-62-56(67)44-39-45(60-31-36-77(68,69)70)41-46(40-44)63(34-37-78(71,72)73)35-38-79(74,75)76/h5,7-8,10-13,17-22,24-27,39-41,60H,6,9,14-16,23,28-38,59H2,1-4H3,(H4-,61,62,66,67,68,69,70,71,72,73,74,75,76). The zero-order valence-corrected chi connectivity index (χ0v) is 47.7. The highest BCUT2D eigenvalue weighted by molar-refractivity contribution is 7.86. The first-order chi connectivity index (χ1) is 37.4. The zero-order valence-electron chi connectivity index (χ0n) is 45.3. The number of amides is 2. The molecule has 7 rings (SSSR count). The number of rotatable bonds is 28. The van der Waals surface area contributed by atoms with Crippen molar-refractivity contribution in [2.24, 2.45) is 5.73 Å². The monoisotopic (exact) mass is 1140 g/mol. The van der Waals surface area contributed by atoms with E-state index in [2.05, 4.69) is 150 Å². The van der Waals surface area contributed by atoms with Crippen molar-refractivity contribution >= 4 is 92.2 Å².